The maximum Gasteiger partial charge on any atom is 0.142 e. The minimum Gasteiger partial charge on any atom is -0.365 e. The van der Waals surface area contributed by atoms with Crippen molar-refractivity contribution in [1.82, 2.24) is 0 Å². The molecule has 2 unspecified atom stereocenters. The molecule has 2 heteroatoms. The summed E-state index contributed by atoms with van der Waals surface area (Å²) < 4.78 is 5.32. The van der Waals surface area contributed by atoms with E-state index in [4.69, 9.17) is 4.74 Å². The van der Waals surface area contributed by atoms with E-state index in [1.165, 1.54) is 25.3 Å². The molecule has 0 spiro atoms. The third-order valence-electron chi connectivity index (χ3n) is 2.09. The Balaban J connectivity index is 2.00. The Morgan fingerprint density at radius 1 is 1.42 bits per heavy atom. The molecule has 0 aromatic rings. The number of aldehydes is 1. The van der Waals surface area contributed by atoms with Crippen molar-refractivity contribution in [3.05, 3.63) is 12.2 Å². The average molecular weight is 168 g/mol. The van der Waals surface area contributed by atoms with E-state index in [0.717, 1.165) is 12.7 Å². The Hall–Kier alpha value is -0.630. The molecule has 2 atom stereocenters. The van der Waals surface area contributed by atoms with Crippen LogP contribution in [0.25, 0.3) is 0 Å². The first-order valence-corrected chi connectivity index (χ1v) is 4.66. The van der Waals surface area contributed by atoms with Gasteiger partial charge >= 0.3 is 0 Å². The summed E-state index contributed by atoms with van der Waals surface area (Å²) >= 11 is 0. The van der Waals surface area contributed by atoms with Crippen molar-refractivity contribution in [2.75, 3.05) is 0 Å². The molecule has 2 nitrogen and oxygen atoms in total. The van der Waals surface area contributed by atoms with E-state index in [2.05, 4.69) is 6.92 Å². The molecule has 0 aromatic carbocycles. The average Bonchev–Trinajstić information content (AvgIpc) is 2.81. The molecule has 0 saturated carbocycles. The van der Waals surface area contributed by atoms with E-state index in [-0.39, 0.29) is 6.10 Å². The minimum absolute atomic E-state index is 0.229. The van der Waals surface area contributed by atoms with Gasteiger partial charge in [0, 0.05) is 0 Å². The maximum absolute atomic E-state index is 9.96. The molecule has 0 aromatic heterocycles. The fraction of sp³-hybridized carbons (Fsp3) is 0.700. The number of unbranched alkanes of at least 4 members (excludes halogenated alkanes) is 2. The highest BCUT2D eigenvalue weighted by atomic mass is 16.6. The number of epoxide rings is 1. The Labute approximate surface area is 73.6 Å². The minimum atomic E-state index is 0.229. The van der Waals surface area contributed by atoms with Gasteiger partial charge in [-0.1, -0.05) is 32.3 Å². The van der Waals surface area contributed by atoms with Gasteiger partial charge in [0.2, 0.25) is 0 Å². The first-order chi connectivity index (χ1) is 5.88. The zero-order valence-electron chi connectivity index (χ0n) is 7.53. The van der Waals surface area contributed by atoms with Gasteiger partial charge in [-0.15, -0.1) is 0 Å². The highest BCUT2D eigenvalue weighted by Gasteiger charge is 2.35. The lowest BCUT2D eigenvalue weighted by Gasteiger charge is -1.91. The second kappa shape index (κ2) is 5.09. The number of carbonyl (C=O) groups is 1. The molecule has 1 rings (SSSR count). The summed E-state index contributed by atoms with van der Waals surface area (Å²) in [5.74, 6) is 0. The van der Waals surface area contributed by atoms with Crippen LogP contribution < -0.4 is 0 Å². The standard InChI is InChI=1S/C10H16O2/c1-2-3-4-6-9-10(12-9)7-5-8-11/h5,7-10H,2-4,6H2,1H3. The summed E-state index contributed by atoms with van der Waals surface area (Å²) in [6, 6.07) is 0. The summed E-state index contributed by atoms with van der Waals surface area (Å²) in [5.41, 5.74) is 0. The maximum atomic E-state index is 9.96. The van der Waals surface area contributed by atoms with Crippen LogP contribution in [0.15, 0.2) is 12.2 Å². The smallest absolute Gasteiger partial charge is 0.142 e. The molecule has 1 aliphatic rings. The van der Waals surface area contributed by atoms with Crippen LogP contribution in [0.2, 0.25) is 0 Å². The monoisotopic (exact) mass is 168 g/mol. The zero-order chi connectivity index (χ0) is 8.81. The Kier molecular flexibility index (Phi) is 4.01. The van der Waals surface area contributed by atoms with E-state index in [1.54, 1.807) is 0 Å². The number of carbonyl (C=O) groups excluding carboxylic acids is 1. The lowest BCUT2D eigenvalue weighted by molar-refractivity contribution is -0.104. The van der Waals surface area contributed by atoms with E-state index in [9.17, 15) is 4.79 Å². The second-order valence-corrected chi connectivity index (χ2v) is 3.16. The van der Waals surface area contributed by atoms with Crippen LogP contribution in [0.1, 0.15) is 32.6 Å². The molecule has 0 bridgehead atoms. The quantitative estimate of drug-likeness (QED) is 0.263. The fourth-order valence-corrected chi connectivity index (χ4v) is 1.31. The Bertz CT molecular complexity index is 163. The Morgan fingerprint density at radius 2 is 2.25 bits per heavy atom. The molecular formula is C10H16O2. The highest BCUT2D eigenvalue weighted by Crippen LogP contribution is 2.28. The van der Waals surface area contributed by atoms with E-state index in [1.807, 2.05) is 6.08 Å². The molecule has 1 heterocycles. The van der Waals surface area contributed by atoms with Crippen LogP contribution in [0.3, 0.4) is 0 Å². The topological polar surface area (TPSA) is 29.6 Å². The van der Waals surface area contributed by atoms with Crippen molar-refractivity contribution in [2.24, 2.45) is 0 Å². The number of ether oxygens (including phenoxy) is 1. The predicted molar refractivity (Wildman–Crippen MR) is 48.0 cm³/mol. The van der Waals surface area contributed by atoms with Gasteiger partial charge in [0.05, 0.1) is 6.10 Å². The first kappa shape index (κ1) is 9.46. The number of allylic oxidation sites excluding steroid dienone is 1. The van der Waals surface area contributed by atoms with Crippen LogP contribution in [-0.4, -0.2) is 18.5 Å². The number of hydrogen-bond donors (Lipinski definition) is 0. The molecular weight excluding hydrogens is 152 g/mol. The van der Waals surface area contributed by atoms with Gasteiger partial charge in [-0.25, -0.2) is 0 Å². The molecule has 12 heavy (non-hydrogen) atoms. The van der Waals surface area contributed by atoms with Gasteiger partial charge in [-0.2, -0.15) is 0 Å². The van der Waals surface area contributed by atoms with Crippen LogP contribution in [0.5, 0.6) is 0 Å². The van der Waals surface area contributed by atoms with Crippen molar-refractivity contribution in [3.63, 3.8) is 0 Å². The Morgan fingerprint density at radius 3 is 2.92 bits per heavy atom. The molecule has 1 saturated heterocycles. The van der Waals surface area contributed by atoms with Crippen molar-refractivity contribution in [2.45, 2.75) is 44.8 Å². The SMILES string of the molecule is CCCCCC1OC1C=CC=O. The van der Waals surface area contributed by atoms with Gasteiger partial charge in [-0.3, -0.25) is 4.79 Å². The molecule has 0 amide bonds. The summed E-state index contributed by atoms with van der Waals surface area (Å²) in [6.07, 6.45) is 9.69. The van der Waals surface area contributed by atoms with Crippen LogP contribution >= 0.6 is 0 Å². The zero-order valence-corrected chi connectivity index (χ0v) is 7.53. The van der Waals surface area contributed by atoms with Crippen LogP contribution in [-0.2, 0) is 9.53 Å². The first-order valence-electron chi connectivity index (χ1n) is 4.66. The number of hydrogen-bond acceptors (Lipinski definition) is 2. The predicted octanol–water partition coefficient (Wildman–Crippen LogP) is 2.09. The third-order valence-corrected chi connectivity index (χ3v) is 2.09. The molecule has 68 valence electrons. The number of rotatable bonds is 6. The molecule has 0 radical (unpaired) electrons. The van der Waals surface area contributed by atoms with Gasteiger partial charge in [0.1, 0.15) is 12.4 Å². The van der Waals surface area contributed by atoms with E-state index in [0.29, 0.717) is 6.10 Å². The van der Waals surface area contributed by atoms with E-state index < -0.39 is 0 Å². The van der Waals surface area contributed by atoms with Crippen molar-refractivity contribution in [3.8, 4) is 0 Å². The van der Waals surface area contributed by atoms with Crippen molar-refractivity contribution >= 4 is 6.29 Å². The second-order valence-electron chi connectivity index (χ2n) is 3.16. The van der Waals surface area contributed by atoms with Crippen LogP contribution in [0, 0.1) is 0 Å². The fourth-order valence-electron chi connectivity index (χ4n) is 1.31. The van der Waals surface area contributed by atoms with Gasteiger partial charge < -0.3 is 4.74 Å². The van der Waals surface area contributed by atoms with Crippen molar-refractivity contribution in [1.29, 1.82) is 0 Å². The van der Waals surface area contributed by atoms with Crippen molar-refractivity contribution < 1.29 is 9.53 Å². The summed E-state index contributed by atoms with van der Waals surface area (Å²) in [5, 5.41) is 0. The van der Waals surface area contributed by atoms with E-state index >= 15 is 0 Å². The molecule has 1 aliphatic heterocycles. The lowest BCUT2D eigenvalue weighted by Crippen LogP contribution is -1.90. The van der Waals surface area contributed by atoms with Gasteiger partial charge in [0.25, 0.3) is 0 Å². The third kappa shape index (κ3) is 3.18. The normalized spacial score (nSPS) is 27.8. The van der Waals surface area contributed by atoms with Gasteiger partial charge in [0.15, 0.2) is 0 Å². The highest BCUT2D eigenvalue weighted by molar-refractivity contribution is 5.64. The molecule has 0 aliphatic carbocycles. The van der Waals surface area contributed by atoms with Crippen LogP contribution in [0.4, 0.5) is 0 Å². The summed E-state index contributed by atoms with van der Waals surface area (Å²) in [6.45, 7) is 2.19. The largest absolute Gasteiger partial charge is 0.365 e. The lowest BCUT2D eigenvalue weighted by atomic mass is 10.1. The summed E-state index contributed by atoms with van der Waals surface area (Å²) in [7, 11) is 0. The summed E-state index contributed by atoms with van der Waals surface area (Å²) in [4.78, 5) is 9.96. The van der Waals surface area contributed by atoms with Gasteiger partial charge in [-0.05, 0) is 12.5 Å². The molecule has 0 N–H and O–H groups in total. The molecule has 1 fully saturated rings.